The molecule has 0 fully saturated rings. The van der Waals surface area contributed by atoms with Gasteiger partial charge in [0.25, 0.3) is 0 Å². The second-order valence-electron chi connectivity index (χ2n) is 5.10. The number of fused-ring (bicyclic) bond motifs is 1. The molecule has 1 aromatic carbocycles. The third-order valence-electron chi connectivity index (χ3n) is 3.69. The average molecular weight is 296 g/mol. The number of pyridine rings is 1. The molecule has 1 atom stereocenters. The fourth-order valence-electron chi connectivity index (χ4n) is 2.59. The van der Waals surface area contributed by atoms with Crippen molar-refractivity contribution in [2.75, 3.05) is 6.54 Å². The van der Waals surface area contributed by atoms with E-state index < -0.39 is 0 Å². The van der Waals surface area contributed by atoms with E-state index >= 15 is 0 Å². The van der Waals surface area contributed by atoms with Gasteiger partial charge in [0.2, 0.25) is 0 Å². The first-order valence-corrected chi connectivity index (χ1v) is 8.30. The molecule has 2 aromatic heterocycles. The first-order chi connectivity index (χ1) is 10.3. The number of rotatable bonds is 5. The molecule has 3 heteroatoms. The molecule has 0 aliphatic heterocycles. The highest BCUT2D eigenvalue weighted by molar-refractivity contribution is 7.12. The summed E-state index contributed by atoms with van der Waals surface area (Å²) in [7, 11) is 0. The molecule has 0 saturated carbocycles. The first-order valence-electron chi connectivity index (χ1n) is 7.48. The highest BCUT2D eigenvalue weighted by Crippen LogP contribution is 2.30. The molecule has 0 aliphatic rings. The summed E-state index contributed by atoms with van der Waals surface area (Å²) >= 11 is 1.90. The number of hydrogen-bond acceptors (Lipinski definition) is 3. The summed E-state index contributed by atoms with van der Waals surface area (Å²) in [5.41, 5.74) is 2.35. The van der Waals surface area contributed by atoms with E-state index in [4.69, 9.17) is 0 Å². The van der Waals surface area contributed by atoms with Crippen LogP contribution in [0.3, 0.4) is 0 Å². The average Bonchev–Trinajstić information content (AvgIpc) is 3.01. The second kappa shape index (κ2) is 6.37. The molecule has 0 amide bonds. The van der Waals surface area contributed by atoms with E-state index in [0.717, 1.165) is 18.5 Å². The maximum absolute atomic E-state index is 4.48. The van der Waals surface area contributed by atoms with Crippen molar-refractivity contribution in [3.8, 4) is 0 Å². The number of hydrogen-bond donors (Lipinski definition) is 1. The zero-order chi connectivity index (χ0) is 14.7. The summed E-state index contributed by atoms with van der Waals surface area (Å²) in [5.74, 6) is 0. The molecule has 0 bridgehead atoms. The quantitative estimate of drug-likeness (QED) is 0.746. The van der Waals surface area contributed by atoms with Crippen LogP contribution < -0.4 is 5.32 Å². The van der Waals surface area contributed by atoms with Crippen LogP contribution in [0.25, 0.3) is 10.9 Å². The molecule has 2 nitrogen and oxygen atoms in total. The highest BCUT2D eigenvalue weighted by atomic mass is 32.1. The predicted molar refractivity (Wildman–Crippen MR) is 91.0 cm³/mol. The van der Waals surface area contributed by atoms with E-state index in [1.54, 1.807) is 0 Å². The van der Waals surface area contributed by atoms with E-state index in [1.165, 1.54) is 20.7 Å². The van der Waals surface area contributed by atoms with Gasteiger partial charge in [-0.25, -0.2) is 0 Å². The van der Waals surface area contributed by atoms with Crippen molar-refractivity contribution in [1.29, 1.82) is 0 Å². The van der Waals surface area contributed by atoms with Gasteiger partial charge in [-0.2, -0.15) is 0 Å². The van der Waals surface area contributed by atoms with Crippen molar-refractivity contribution >= 4 is 22.2 Å². The Morgan fingerprint density at radius 3 is 2.81 bits per heavy atom. The SMILES string of the molecule is CCNC(c1ccc2cccnc2c1)c1ccc(CC)s1. The van der Waals surface area contributed by atoms with E-state index in [1.807, 2.05) is 23.6 Å². The number of aryl methyl sites for hydroxylation is 1. The number of aromatic nitrogens is 1. The van der Waals surface area contributed by atoms with Crippen molar-refractivity contribution in [3.63, 3.8) is 0 Å². The van der Waals surface area contributed by atoms with Crippen molar-refractivity contribution in [3.05, 3.63) is 64.0 Å². The molecule has 2 heterocycles. The molecule has 1 unspecified atom stereocenters. The molecule has 1 N–H and O–H groups in total. The molecule has 0 radical (unpaired) electrons. The fraction of sp³-hybridized carbons (Fsp3) is 0.278. The second-order valence-corrected chi connectivity index (χ2v) is 6.30. The lowest BCUT2D eigenvalue weighted by Gasteiger charge is -2.17. The Balaban J connectivity index is 2.01. The van der Waals surface area contributed by atoms with E-state index in [9.17, 15) is 0 Å². The summed E-state index contributed by atoms with van der Waals surface area (Å²) in [6.45, 7) is 5.31. The van der Waals surface area contributed by atoms with Gasteiger partial charge in [0.05, 0.1) is 11.6 Å². The van der Waals surface area contributed by atoms with Gasteiger partial charge >= 0.3 is 0 Å². The van der Waals surface area contributed by atoms with Gasteiger partial charge in [-0.3, -0.25) is 4.98 Å². The summed E-state index contributed by atoms with van der Waals surface area (Å²) in [5, 5.41) is 4.79. The van der Waals surface area contributed by atoms with E-state index in [0.29, 0.717) is 0 Å². The van der Waals surface area contributed by atoms with Gasteiger partial charge < -0.3 is 5.32 Å². The van der Waals surface area contributed by atoms with Crippen molar-refractivity contribution in [1.82, 2.24) is 10.3 Å². The summed E-state index contributed by atoms with van der Waals surface area (Å²) in [6, 6.07) is 15.4. The number of nitrogens with zero attached hydrogens (tertiary/aromatic N) is 1. The van der Waals surface area contributed by atoms with Crippen LogP contribution in [-0.4, -0.2) is 11.5 Å². The Kier molecular flexibility index (Phi) is 4.32. The third-order valence-corrected chi connectivity index (χ3v) is 4.98. The molecular formula is C18H20N2S. The van der Waals surface area contributed by atoms with Crippen molar-refractivity contribution < 1.29 is 0 Å². The Morgan fingerprint density at radius 2 is 2.05 bits per heavy atom. The van der Waals surface area contributed by atoms with Crippen LogP contribution in [0.4, 0.5) is 0 Å². The third kappa shape index (κ3) is 2.99. The maximum Gasteiger partial charge on any atom is 0.0705 e. The molecule has 108 valence electrons. The minimum atomic E-state index is 0.256. The van der Waals surface area contributed by atoms with E-state index in [-0.39, 0.29) is 6.04 Å². The molecule has 3 aromatic rings. The van der Waals surface area contributed by atoms with Crippen LogP contribution in [0.15, 0.2) is 48.7 Å². The standard InChI is InChI=1S/C18H20N2S/c1-3-15-9-10-17(21-15)18(19-4-2)14-8-7-13-6-5-11-20-16(13)12-14/h5-12,18-19H,3-4H2,1-2H3. The Hall–Kier alpha value is -1.71. The monoisotopic (exact) mass is 296 g/mol. The molecule has 0 spiro atoms. The van der Waals surface area contributed by atoms with Crippen LogP contribution in [0.2, 0.25) is 0 Å². The topological polar surface area (TPSA) is 24.9 Å². The zero-order valence-corrected chi connectivity index (χ0v) is 13.3. The molecule has 3 rings (SSSR count). The zero-order valence-electron chi connectivity index (χ0n) is 12.5. The summed E-state index contributed by atoms with van der Waals surface area (Å²) in [4.78, 5) is 7.29. The van der Waals surface area contributed by atoms with Crippen LogP contribution >= 0.6 is 11.3 Å². The minimum Gasteiger partial charge on any atom is -0.306 e. The lowest BCUT2D eigenvalue weighted by atomic mass is 10.0. The van der Waals surface area contributed by atoms with Crippen LogP contribution in [-0.2, 0) is 6.42 Å². The summed E-state index contributed by atoms with van der Waals surface area (Å²) < 4.78 is 0. The number of thiophene rings is 1. The van der Waals surface area contributed by atoms with Gasteiger partial charge in [0, 0.05) is 21.3 Å². The molecular weight excluding hydrogens is 276 g/mol. The highest BCUT2D eigenvalue weighted by Gasteiger charge is 2.15. The van der Waals surface area contributed by atoms with Crippen molar-refractivity contribution in [2.24, 2.45) is 0 Å². The van der Waals surface area contributed by atoms with Crippen LogP contribution in [0, 0.1) is 0 Å². The lowest BCUT2D eigenvalue weighted by Crippen LogP contribution is -2.21. The largest absolute Gasteiger partial charge is 0.306 e. The fourth-order valence-corrected chi connectivity index (χ4v) is 3.65. The minimum absolute atomic E-state index is 0.256. The normalized spacial score (nSPS) is 12.7. The van der Waals surface area contributed by atoms with Gasteiger partial charge in [-0.1, -0.05) is 32.0 Å². The molecule has 21 heavy (non-hydrogen) atoms. The van der Waals surface area contributed by atoms with Crippen LogP contribution in [0.5, 0.6) is 0 Å². The molecule has 0 saturated heterocycles. The van der Waals surface area contributed by atoms with Gasteiger partial charge in [0.1, 0.15) is 0 Å². The molecule has 0 aliphatic carbocycles. The Bertz CT molecular complexity index is 733. The van der Waals surface area contributed by atoms with Crippen molar-refractivity contribution in [2.45, 2.75) is 26.3 Å². The predicted octanol–water partition coefficient (Wildman–Crippen LogP) is 4.56. The maximum atomic E-state index is 4.48. The van der Waals surface area contributed by atoms with Gasteiger partial charge in [0.15, 0.2) is 0 Å². The first kappa shape index (κ1) is 14.2. The smallest absolute Gasteiger partial charge is 0.0705 e. The number of nitrogens with one attached hydrogen (secondary N) is 1. The van der Waals surface area contributed by atoms with Gasteiger partial charge in [-0.15, -0.1) is 11.3 Å². The van der Waals surface area contributed by atoms with Gasteiger partial charge in [-0.05, 0) is 42.8 Å². The Morgan fingerprint density at radius 1 is 1.14 bits per heavy atom. The summed E-state index contributed by atoms with van der Waals surface area (Å²) in [6.07, 6.45) is 2.96. The van der Waals surface area contributed by atoms with E-state index in [2.05, 4.69) is 60.5 Å². The van der Waals surface area contributed by atoms with Crippen LogP contribution in [0.1, 0.15) is 35.2 Å². The lowest BCUT2D eigenvalue weighted by molar-refractivity contribution is 0.640. The Labute approximate surface area is 129 Å². The number of benzene rings is 1.